The lowest BCUT2D eigenvalue weighted by atomic mass is 9.91. The molecular weight excluding hydrogens is 242 g/mol. The highest BCUT2D eigenvalue weighted by molar-refractivity contribution is 5.87. The van der Waals surface area contributed by atoms with Gasteiger partial charge in [-0.2, -0.15) is 0 Å². The minimum absolute atomic E-state index is 0.0532. The number of aliphatic carboxylic acids is 1. The van der Waals surface area contributed by atoms with Gasteiger partial charge in [0, 0.05) is 13.0 Å². The lowest BCUT2D eigenvalue weighted by Crippen LogP contribution is -2.31. The normalized spacial score (nSPS) is 22.8. The van der Waals surface area contributed by atoms with Crippen LogP contribution in [0.15, 0.2) is 24.3 Å². The SMILES string of the molecule is CCCN1C(=O)CC(C(=O)O)C1c1ccccc1C. The first-order chi connectivity index (χ1) is 9.06. The van der Waals surface area contributed by atoms with E-state index in [1.54, 1.807) is 4.90 Å². The fourth-order valence-corrected chi connectivity index (χ4v) is 2.82. The zero-order valence-electron chi connectivity index (χ0n) is 11.3. The van der Waals surface area contributed by atoms with Crippen molar-refractivity contribution in [3.63, 3.8) is 0 Å². The van der Waals surface area contributed by atoms with Gasteiger partial charge in [-0.1, -0.05) is 31.2 Å². The van der Waals surface area contributed by atoms with Crippen LogP contribution in [0.25, 0.3) is 0 Å². The number of benzene rings is 1. The molecule has 0 aliphatic carbocycles. The number of likely N-dealkylation sites (tertiary alicyclic amines) is 1. The van der Waals surface area contributed by atoms with Crippen LogP contribution in [0.1, 0.15) is 36.9 Å². The van der Waals surface area contributed by atoms with E-state index in [1.807, 2.05) is 38.1 Å². The van der Waals surface area contributed by atoms with Crippen molar-refractivity contribution in [3.05, 3.63) is 35.4 Å². The van der Waals surface area contributed by atoms with Crippen LogP contribution in [0.2, 0.25) is 0 Å². The number of nitrogens with zero attached hydrogens (tertiary/aromatic N) is 1. The van der Waals surface area contributed by atoms with Crippen LogP contribution in [-0.4, -0.2) is 28.4 Å². The van der Waals surface area contributed by atoms with E-state index in [2.05, 4.69) is 0 Å². The van der Waals surface area contributed by atoms with Gasteiger partial charge in [-0.15, -0.1) is 0 Å². The van der Waals surface area contributed by atoms with Gasteiger partial charge in [-0.05, 0) is 24.5 Å². The molecule has 1 saturated heterocycles. The van der Waals surface area contributed by atoms with Crippen molar-refractivity contribution in [1.82, 2.24) is 4.90 Å². The summed E-state index contributed by atoms with van der Waals surface area (Å²) in [5, 5.41) is 9.36. The average Bonchev–Trinajstić information content (AvgIpc) is 2.69. The Bertz CT molecular complexity index is 498. The lowest BCUT2D eigenvalue weighted by molar-refractivity contribution is -0.142. The standard InChI is InChI=1S/C15H19NO3/c1-3-8-16-13(17)9-12(15(18)19)14(16)11-7-5-4-6-10(11)2/h4-7,12,14H,3,8-9H2,1-2H3,(H,18,19). The number of amides is 1. The summed E-state index contributed by atoms with van der Waals surface area (Å²) in [6.07, 6.45) is 0.939. The molecule has 4 heteroatoms. The van der Waals surface area contributed by atoms with Gasteiger partial charge in [0.05, 0.1) is 12.0 Å². The molecule has 1 N–H and O–H groups in total. The van der Waals surface area contributed by atoms with Gasteiger partial charge in [0.1, 0.15) is 0 Å². The number of rotatable bonds is 4. The average molecular weight is 261 g/mol. The minimum Gasteiger partial charge on any atom is -0.481 e. The molecule has 4 nitrogen and oxygen atoms in total. The maximum Gasteiger partial charge on any atom is 0.309 e. The van der Waals surface area contributed by atoms with E-state index in [0.717, 1.165) is 17.5 Å². The maximum absolute atomic E-state index is 12.0. The first-order valence-corrected chi connectivity index (χ1v) is 6.64. The highest BCUT2D eigenvalue weighted by Gasteiger charge is 2.44. The number of hydrogen-bond acceptors (Lipinski definition) is 2. The summed E-state index contributed by atoms with van der Waals surface area (Å²) in [6.45, 7) is 4.57. The fraction of sp³-hybridized carbons (Fsp3) is 0.467. The number of carbonyl (C=O) groups is 2. The zero-order valence-corrected chi connectivity index (χ0v) is 11.3. The van der Waals surface area contributed by atoms with Gasteiger partial charge in [-0.25, -0.2) is 0 Å². The van der Waals surface area contributed by atoms with Gasteiger partial charge in [0.25, 0.3) is 0 Å². The van der Waals surface area contributed by atoms with Crippen molar-refractivity contribution in [2.45, 2.75) is 32.7 Å². The molecule has 1 aromatic rings. The topological polar surface area (TPSA) is 57.6 Å². The Balaban J connectivity index is 2.44. The van der Waals surface area contributed by atoms with E-state index in [4.69, 9.17) is 0 Å². The number of carboxylic acid groups (broad SMARTS) is 1. The third-order valence-corrected chi connectivity index (χ3v) is 3.72. The van der Waals surface area contributed by atoms with Crippen LogP contribution in [-0.2, 0) is 9.59 Å². The van der Waals surface area contributed by atoms with E-state index < -0.39 is 11.9 Å². The Morgan fingerprint density at radius 3 is 2.68 bits per heavy atom. The lowest BCUT2D eigenvalue weighted by Gasteiger charge is -2.28. The van der Waals surface area contributed by atoms with Crippen molar-refractivity contribution in [2.24, 2.45) is 5.92 Å². The van der Waals surface area contributed by atoms with Crippen LogP contribution < -0.4 is 0 Å². The summed E-state index contributed by atoms with van der Waals surface area (Å²) in [4.78, 5) is 25.2. The van der Waals surface area contributed by atoms with Crippen LogP contribution in [0, 0.1) is 12.8 Å². The molecule has 2 rings (SSSR count). The molecule has 1 fully saturated rings. The minimum atomic E-state index is -0.889. The molecule has 1 heterocycles. The van der Waals surface area contributed by atoms with E-state index >= 15 is 0 Å². The van der Waals surface area contributed by atoms with Crippen LogP contribution in [0.5, 0.6) is 0 Å². The zero-order chi connectivity index (χ0) is 14.0. The van der Waals surface area contributed by atoms with Crippen LogP contribution >= 0.6 is 0 Å². The number of carboxylic acids is 1. The van der Waals surface area contributed by atoms with Gasteiger partial charge in [-0.3, -0.25) is 9.59 Å². The van der Waals surface area contributed by atoms with Crippen molar-refractivity contribution in [2.75, 3.05) is 6.54 Å². The van der Waals surface area contributed by atoms with Crippen LogP contribution in [0.3, 0.4) is 0 Å². The first kappa shape index (κ1) is 13.6. The van der Waals surface area contributed by atoms with E-state index in [0.29, 0.717) is 6.54 Å². The molecular formula is C15H19NO3. The number of hydrogen-bond donors (Lipinski definition) is 1. The van der Waals surface area contributed by atoms with Crippen LogP contribution in [0.4, 0.5) is 0 Å². The highest BCUT2D eigenvalue weighted by atomic mass is 16.4. The van der Waals surface area contributed by atoms with Gasteiger partial charge in [0.2, 0.25) is 5.91 Å². The van der Waals surface area contributed by atoms with Crippen molar-refractivity contribution in [1.29, 1.82) is 0 Å². The molecule has 0 aromatic heterocycles. The summed E-state index contributed by atoms with van der Waals surface area (Å²) >= 11 is 0. The summed E-state index contributed by atoms with van der Waals surface area (Å²) in [6, 6.07) is 7.38. The number of carbonyl (C=O) groups excluding carboxylic acids is 1. The van der Waals surface area contributed by atoms with Gasteiger partial charge in [0.15, 0.2) is 0 Å². The molecule has 19 heavy (non-hydrogen) atoms. The van der Waals surface area contributed by atoms with E-state index in [9.17, 15) is 14.7 Å². The molecule has 0 bridgehead atoms. The van der Waals surface area contributed by atoms with E-state index in [-0.39, 0.29) is 18.4 Å². The Hall–Kier alpha value is -1.84. The first-order valence-electron chi connectivity index (χ1n) is 6.64. The van der Waals surface area contributed by atoms with Crippen molar-refractivity contribution >= 4 is 11.9 Å². The van der Waals surface area contributed by atoms with Gasteiger partial charge >= 0.3 is 5.97 Å². The Kier molecular flexibility index (Phi) is 3.88. The third kappa shape index (κ3) is 2.48. The predicted octanol–water partition coefficient (Wildman–Crippen LogP) is 2.38. The molecule has 2 unspecified atom stereocenters. The third-order valence-electron chi connectivity index (χ3n) is 3.72. The van der Waals surface area contributed by atoms with Crippen molar-refractivity contribution in [3.8, 4) is 0 Å². The van der Waals surface area contributed by atoms with Crippen molar-refractivity contribution < 1.29 is 14.7 Å². The monoisotopic (exact) mass is 261 g/mol. The maximum atomic E-state index is 12.0. The summed E-state index contributed by atoms with van der Waals surface area (Å²) in [5.74, 6) is -1.58. The largest absolute Gasteiger partial charge is 0.481 e. The summed E-state index contributed by atoms with van der Waals surface area (Å²) in [5.41, 5.74) is 1.99. The van der Waals surface area contributed by atoms with E-state index in [1.165, 1.54) is 0 Å². The molecule has 0 spiro atoms. The smallest absolute Gasteiger partial charge is 0.309 e. The molecule has 1 aromatic carbocycles. The molecule has 0 saturated carbocycles. The molecule has 2 atom stereocenters. The second-order valence-electron chi connectivity index (χ2n) is 5.04. The highest BCUT2D eigenvalue weighted by Crippen LogP contribution is 2.39. The quantitative estimate of drug-likeness (QED) is 0.905. The molecule has 0 radical (unpaired) electrons. The Morgan fingerprint density at radius 2 is 2.11 bits per heavy atom. The fourth-order valence-electron chi connectivity index (χ4n) is 2.82. The summed E-state index contributed by atoms with van der Waals surface area (Å²) < 4.78 is 0. The second-order valence-corrected chi connectivity index (χ2v) is 5.04. The molecule has 1 aliphatic heterocycles. The Morgan fingerprint density at radius 1 is 1.42 bits per heavy atom. The van der Waals surface area contributed by atoms with Gasteiger partial charge < -0.3 is 10.0 Å². The second kappa shape index (κ2) is 5.43. The summed E-state index contributed by atoms with van der Waals surface area (Å²) in [7, 11) is 0. The molecule has 1 amide bonds. The Labute approximate surface area is 113 Å². The molecule has 1 aliphatic rings. The predicted molar refractivity (Wildman–Crippen MR) is 71.7 cm³/mol. The number of aryl methyl sites for hydroxylation is 1. The molecule has 102 valence electrons.